The van der Waals surface area contributed by atoms with Gasteiger partial charge in [-0.15, -0.1) is 0 Å². The molecular weight excluding hydrogens is 366 g/mol. The zero-order valence-corrected chi connectivity index (χ0v) is 16.2. The first kappa shape index (κ1) is 18.8. The Bertz CT molecular complexity index is 1010. The fraction of sp³-hybridized carbons (Fsp3) is 0.217. The molecule has 0 bridgehead atoms. The lowest BCUT2D eigenvalue weighted by Gasteiger charge is -2.29. The number of hydrogen-bond donors (Lipinski definition) is 2. The van der Waals surface area contributed by atoms with Crippen molar-refractivity contribution in [2.24, 2.45) is 0 Å². The third-order valence-electron chi connectivity index (χ3n) is 5.11. The molecule has 29 heavy (non-hydrogen) atoms. The number of nitrogens with one attached hydrogen (secondary N) is 2. The van der Waals surface area contributed by atoms with Crippen LogP contribution < -0.4 is 15.5 Å². The van der Waals surface area contributed by atoms with Crippen molar-refractivity contribution >= 4 is 23.2 Å². The highest BCUT2D eigenvalue weighted by molar-refractivity contribution is 6.39. The van der Waals surface area contributed by atoms with Crippen LogP contribution in [0.4, 0.5) is 11.4 Å². The van der Waals surface area contributed by atoms with Gasteiger partial charge < -0.3 is 20.0 Å². The van der Waals surface area contributed by atoms with Gasteiger partial charge in [0, 0.05) is 24.5 Å². The molecule has 6 heteroatoms. The first-order chi connectivity index (χ1) is 14.1. The molecule has 0 aliphatic carbocycles. The Labute approximate surface area is 169 Å². The van der Waals surface area contributed by atoms with Crippen molar-refractivity contribution in [3.8, 4) is 0 Å². The van der Waals surface area contributed by atoms with Crippen LogP contribution in [0.5, 0.6) is 0 Å². The molecule has 0 fully saturated rings. The van der Waals surface area contributed by atoms with Gasteiger partial charge in [0.05, 0.1) is 6.26 Å². The van der Waals surface area contributed by atoms with Gasteiger partial charge in [0.2, 0.25) is 0 Å². The number of nitrogens with zero attached hydrogens (tertiary/aromatic N) is 1. The van der Waals surface area contributed by atoms with Crippen molar-refractivity contribution < 1.29 is 14.0 Å². The second-order valence-electron chi connectivity index (χ2n) is 7.14. The molecule has 2 N–H and O–H groups in total. The van der Waals surface area contributed by atoms with E-state index in [4.69, 9.17) is 4.42 Å². The Kier molecular flexibility index (Phi) is 5.33. The van der Waals surface area contributed by atoms with E-state index >= 15 is 0 Å². The fourth-order valence-corrected chi connectivity index (χ4v) is 3.71. The van der Waals surface area contributed by atoms with E-state index in [1.54, 1.807) is 12.3 Å². The van der Waals surface area contributed by atoms with Gasteiger partial charge in [-0.3, -0.25) is 9.59 Å². The Hall–Kier alpha value is -3.54. The molecule has 0 unspecified atom stereocenters. The average Bonchev–Trinajstić information content (AvgIpc) is 3.39. The average molecular weight is 389 g/mol. The second-order valence-corrected chi connectivity index (χ2v) is 7.14. The number of fused-ring (bicyclic) bond motifs is 1. The van der Waals surface area contributed by atoms with E-state index in [9.17, 15) is 9.59 Å². The first-order valence-electron chi connectivity index (χ1n) is 9.65. The minimum absolute atomic E-state index is 0.190. The molecular formula is C23H23N3O3. The van der Waals surface area contributed by atoms with Crippen LogP contribution in [0, 0.1) is 6.92 Å². The standard InChI is InChI=1S/C23H23N3O3/c1-16-6-4-8-18(14-16)25-23(28)22(27)24-15-20(21-10-5-13-29-21)26-12-11-17-7-2-3-9-19(17)26/h2-10,13-14,20H,11-12,15H2,1H3,(H,24,27)(H,25,28)/t20-/m1/s1. The number of aryl methyl sites for hydroxylation is 1. The lowest BCUT2D eigenvalue weighted by Crippen LogP contribution is -2.41. The Morgan fingerprint density at radius 3 is 2.72 bits per heavy atom. The van der Waals surface area contributed by atoms with Crippen molar-refractivity contribution in [2.75, 3.05) is 23.3 Å². The number of para-hydroxylation sites is 1. The highest BCUT2D eigenvalue weighted by Gasteiger charge is 2.29. The SMILES string of the molecule is Cc1cccc(NC(=O)C(=O)NC[C@H](c2ccco2)N2CCc3ccccc32)c1. The lowest BCUT2D eigenvalue weighted by atomic mass is 10.1. The maximum absolute atomic E-state index is 12.4. The van der Waals surface area contributed by atoms with E-state index in [1.165, 1.54) is 5.56 Å². The van der Waals surface area contributed by atoms with Crippen molar-refractivity contribution in [3.05, 3.63) is 83.8 Å². The maximum atomic E-state index is 12.4. The van der Waals surface area contributed by atoms with Gasteiger partial charge in [-0.2, -0.15) is 0 Å². The normalized spacial score (nSPS) is 13.6. The molecule has 1 aliphatic rings. The van der Waals surface area contributed by atoms with Crippen LogP contribution in [-0.4, -0.2) is 24.9 Å². The van der Waals surface area contributed by atoms with Crippen LogP contribution in [-0.2, 0) is 16.0 Å². The van der Waals surface area contributed by atoms with E-state index in [0.717, 1.165) is 30.0 Å². The summed E-state index contributed by atoms with van der Waals surface area (Å²) in [6, 6.07) is 19.1. The number of benzene rings is 2. The number of hydrogen-bond acceptors (Lipinski definition) is 4. The van der Waals surface area contributed by atoms with Crippen LogP contribution in [0.15, 0.2) is 71.3 Å². The summed E-state index contributed by atoms with van der Waals surface area (Å²) in [5.74, 6) is -0.604. The highest BCUT2D eigenvalue weighted by Crippen LogP contribution is 2.34. The quantitative estimate of drug-likeness (QED) is 0.656. The number of carbonyl (C=O) groups excluding carboxylic acids is 2. The van der Waals surface area contributed by atoms with Gasteiger partial charge in [-0.25, -0.2) is 0 Å². The molecule has 6 nitrogen and oxygen atoms in total. The summed E-state index contributed by atoms with van der Waals surface area (Å²) in [6.07, 6.45) is 2.56. The second kappa shape index (κ2) is 8.22. The molecule has 1 aliphatic heterocycles. The summed E-state index contributed by atoms with van der Waals surface area (Å²) in [5.41, 5.74) is 4.01. The molecule has 4 rings (SSSR count). The topological polar surface area (TPSA) is 74.6 Å². The Morgan fingerprint density at radius 1 is 1.07 bits per heavy atom. The lowest BCUT2D eigenvalue weighted by molar-refractivity contribution is -0.136. The minimum Gasteiger partial charge on any atom is -0.467 e. The minimum atomic E-state index is -0.685. The fourth-order valence-electron chi connectivity index (χ4n) is 3.71. The third-order valence-corrected chi connectivity index (χ3v) is 5.11. The van der Waals surface area contributed by atoms with E-state index < -0.39 is 11.8 Å². The number of furan rings is 1. The maximum Gasteiger partial charge on any atom is 0.313 e. The molecule has 2 amide bonds. The van der Waals surface area contributed by atoms with E-state index in [0.29, 0.717) is 5.69 Å². The number of anilines is 2. The predicted octanol–water partition coefficient (Wildman–Crippen LogP) is 3.45. The Morgan fingerprint density at radius 2 is 1.93 bits per heavy atom. The predicted molar refractivity (Wildman–Crippen MR) is 112 cm³/mol. The molecule has 1 atom stereocenters. The van der Waals surface area contributed by atoms with Gasteiger partial charge in [0.15, 0.2) is 0 Å². The summed E-state index contributed by atoms with van der Waals surface area (Å²) in [7, 11) is 0. The summed E-state index contributed by atoms with van der Waals surface area (Å²) >= 11 is 0. The zero-order chi connectivity index (χ0) is 20.2. The van der Waals surface area contributed by atoms with Crippen molar-refractivity contribution in [3.63, 3.8) is 0 Å². The van der Waals surface area contributed by atoms with Gasteiger partial charge in [-0.05, 0) is 54.8 Å². The van der Waals surface area contributed by atoms with Crippen molar-refractivity contribution in [1.82, 2.24) is 5.32 Å². The molecule has 0 spiro atoms. The summed E-state index contributed by atoms with van der Waals surface area (Å²) in [5, 5.41) is 5.40. The number of carbonyl (C=O) groups is 2. The van der Waals surface area contributed by atoms with E-state index in [-0.39, 0.29) is 12.6 Å². The molecule has 2 heterocycles. The van der Waals surface area contributed by atoms with Gasteiger partial charge in [0.25, 0.3) is 0 Å². The van der Waals surface area contributed by atoms with Crippen LogP contribution in [0.3, 0.4) is 0 Å². The van der Waals surface area contributed by atoms with E-state index in [2.05, 4.69) is 27.7 Å². The summed E-state index contributed by atoms with van der Waals surface area (Å²) < 4.78 is 5.63. The van der Waals surface area contributed by atoms with Gasteiger partial charge in [0.1, 0.15) is 11.8 Å². The van der Waals surface area contributed by atoms with Crippen LogP contribution in [0.25, 0.3) is 0 Å². The summed E-state index contributed by atoms with van der Waals surface area (Å²) in [4.78, 5) is 26.9. The molecule has 0 radical (unpaired) electrons. The van der Waals surface area contributed by atoms with E-state index in [1.807, 2.05) is 49.4 Å². The van der Waals surface area contributed by atoms with Gasteiger partial charge in [-0.1, -0.05) is 30.3 Å². The molecule has 0 saturated carbocycles. The van der Waals surface area contributed by atoms with Crippen molar-refractivity contribution in [2.45, 2.75) is 19.4 Å². The third kappa shape index (κ3) is 4.16. The number of amides is 2. The van der Waals surface area contributed by atoms with Crippen LogP contribution in [0.2, 0.25) is 0 Å². The van der Waals surface area contributed by atoms with Crippen LogP contribution >= 0.6 is 0 Å². The van der Waals surface area contributed by atoms with Crippen molar-refractivity contribution in [1.29, 1.82) is 0 Å². The molecule has 3 aromatic rings. The molecule has 1 aromatic heterocycles. The Balaban J connectivity index is 1.45. The number of rotatable bonds is 5. The monoisotopic (exact) mass is 389 g/mol. The summed E-state index contributed by atoms with van der Waals surface area (Å²) in [6.45, 7) is 3.02. The molecule has 0 saturated heterocycles. The highest BCUT2D eigenvalue weighted by atomic mass is 16.3. The van der Waals surface area contributed by atoms with Gasteiger partial charge >= 0.3 is 11.8 Å². The first-order valence-corrected chi connectivity index (χ1v) is 9.65. The molecule has 2 aromatic carbocycles. The molecule has 148 valence electrons. The van der Waals surface area contributed by atoms with Crippen LogP contribution in [0.1, 0.15) is 22.9 Å². The largest absolute Gasteiger partial charge is 0.467 e. The smallest absolute Gasteiger partial charge is 0.313 e. The zero-order valence-electron chi connectivity index (χ0n) is 16.2.